The van der Waals surface area contributed by atoms with Gasteiger partial charge in [-0.25, -0.2) is 4.79 Å². The molecule has 3 nitrogen and oxygen atoms in total. The summed E-state index contributed by atoms with van der Waals surface area (Å²) in [6.45, 7) is 2.92. The lowest BCUT2D eigenvalue weighted by atomic mass is 9.94. The van der Waals surface area contributed by atoms with E-state index in [0.717, 1.165) is 24.3 Å². The number of benzene rings is 1. The Kier molecular flexibility index (Phi) is 7.18. The average Bonchev–Trinajstić information content (AvgIpc) is 3.11. The van der Waals surface area contributed by atoms with Gasteiger partial charge < -0.3 is 9.47 Å². The van der Waals surface area contributed by atoms with Gasteiger partial charge >= 0.3 is 5.97 Å². The largest absolute Gasteiger partial charge is 0.493 e. The molecule has 3 heteroatoms. The number of methoxy groups -OCH3 is 1. The second-order valence-electron chi connectivity index (χ2n) is 6.16. The van der Waals surface area contributed by atoms with Gasteiger partial charge in [0, 0.05) is 11.6 Å². The van der Waals surface area contributed by atoms with E-state index in [2.05, 4.69) is 23.8 Å². The molecule has 23 heavy (non-hydrogen) atoms. The molecule has 0 spiro atoms. The van der Waals surface area contributed by atoms with Crippen molar-refractivity contribution in [2.24, 2.45) is 0 Å². The minimum absolute atomic E-state index is 0.340. The summed E-state index contributed by atoms with van der Waals surface area (Å²) in [5.74, 6) is 1.20. The minimum Gasteiger partial charge on any atom is -0.493 e. The van der Waals surface area contributed by atoms with Crippen LogP contribution in [0.5, 0.6) is 5.75 Å². The highest BCUT2D eigenvalue weighted by Crippen LogP contribution is 2.40. The third-order valence-electron chi connectivity index (χ3n) is 4.47. The molecule has 1 aromatic carbocycles. The van der Waals surface area contributed by atoms with Crippen LogP contribution in [-0.2, 0) is 9.53 Å². The minimum atomic E-state index is -0.340. The number of unbranched alkanes of at least 4 members (excludes halogenated alkanes) is 2. The quantitative estimate of drug-likeness (QED) is 0.380. The SMILES string of the molecule is CCCCCOc1c(C=CC(=O)OC)cccc1C1CCCC1. The van der Waals surface area contributed by atoms with Gasteiger partial charge in [-0.1, -0.05) is 50.8 Å². The van der Waals surface area contributed by atoms with Gasteiger partial charge in [0.05, 0.1) is 13.7 Å². The lowest BCUT2D eigenvalue weighted by molar-refractivity contribution is -0.134. The number of carbonyl (C=O) groups is 1. The van der Waals surface area contributed by atoms with Crippen molar-refractivity contribution < 1.29 is 14.3 Å². The summed E-state index contributed by atoms with van der Waals surface area (Å²) in [6.07, 6.45) is 11.7. The van der Waals surface area contributed by atoms with Crippen LogP contribution >= 0.6 is 0 Å². The van der Waals surface area contributed by atoms with E-state index in [4.69, 9.17) is 4.74 Å². The van der Waals surface area contributed by atoms with Crippen LogP contribution < -0.4 is 4.74 Å². The van der Waals surface area contributed by atoms with Crippen molar-refractivity contribution >= 4 is 12.0 Å². The van der Waals surface area contributed by atoms with Gasteiger partial charge in [-0.05, 0) is 36.8 Å². The summed E-state index contributed by atoms with van der Waals surface area (Å²) >= 11 is 0. The van der Waals surface area contributed by atoms with Crippen LogP contribution in [-0.4, -0.2) is 19.7 Å². The Morgan fingerprint density at radius 3 is 2.74 bits per heavy atom. The lowest BCUT2D eigenvalue weighted by Crippen LogP contribution is -2.04. The fourth-order valence-corrected chi connectivity index (χ4v) is 3.18. The molecule has 1 fully saturated rings. The summed E-state index contributed by atoms with van der Waals surface area (Å²) in [6, 6.07) is 6.25. The number of rotatable bonds is 8. The first-order valence-corrected chi connectivity index (χ1v) is 8.78. The van der Waals surface area contributed by atoms with Crippen molar-refractivity contribution in [3.05, 3.63) is 35.4 Å². The number of hydrogen-bond acceptors (Lipinski definition) is 3. The molecule has 0 bridgehead atoms. The van der Waals surface area contributed by atoms with Crippen LogP contribution in [0.3, 0.4) is 0 Å². The molecule has 0 atom stereocenters. The average molecular weight is 316 g/mol. The molecule has 0 saturated heterocycles. The molecule has 0 radical (unpaired) electrons. The van der Waals surface area contributed by atoms with Gasteiger partial charge in [-0.15, -0.1) is 0 Å². The van der Waals surface area contributed by atoms with Crippen molar-refractivity contribution in [1.82, 2.24) is 0 Å². The van der Waals surface area contributed by atoms with E-state index in [0.29, 0.717) is 5.92 Å². The van der Waals surface area contributed by atoms with Gasteiger partial charge in [-0.2, -0.15) is 0 Å². The van der Waals surface area contributed by atoms with Crippen LogP contribution in [0.25, 0.3) is 6.08 Å². The van der Waals surface area contributed by atoms with Gasteiger partial charge in [0.25, 0.3) is 0 Å². The number of hydrogen-bond donors (Lipinski definition) is 0. The zero-order valence-electron chi connectivity index (χ0n) is 14.3. The summed E-state index contributed by atoms with van der Waals surface area (Å²) in [7, 11) is 1.39. The summed E-state index contributed by atoms with van der Waals surface area (Å²) < 4.78 is 10.8. The van der Waals surface area contributed by atoms with E-state index in [1.54, 1.807) is 6.08 Å². The summed E-state index contributed by atoms with van der Waals surface area (Å²) in [4.78, 5) is 11.4. The van der Waals surface area contributed by atoms with Crippen LogP contribution in [0.15, 0.2) is 24.3 Å². The van der Waals surface area contributed by atoms with Crippen molar-refractivity contribution in [3.63, 3.8) is 0 Å². The third kappa shape index (κ3) is 5.12. The normalized spacial score (nSPS) is 15.2. The Morgan fingerprint density at radius 2 is 2.04 bits per heavy atom. The Labute approximate surface area is 139 Å². The Balaban J connectivity index is 2.22. The molecule has 1 aliphatic rings. The van der Waals surface area contributed by atoms with Crippen molar-refractivity contribution in [2.75, 3.05) is 13.7 Å². The highest BCUT2D eigenvalue weighted by molar-refractivity contribution is 5.87. The molecule has 0 amide bonds. The summed E-state index contributed by atoms with van der Waals surface area (Å²) in [5.41, 5.74) is 2.27. The molecule has 1 saturated carbocycles. The van der Waals surface area contributed by atoms with Crippen LogP contribution in [0.2, 0.25) is 0 Å². The molecule has 0 heterocycles. The predicted molar refractivity (Wildman–Crippen MR) is 93.7 cm³/mol. The molecule has 2 rings (SSSR count). The maximum absolute atomic E-state index is 11.4. The van der Waals surface area contributed by atoms with Gasteiger partial charge in [0.15, 0.2) is 0 Å². The first-order chi connectivity index (χ1) is 11.3. The van der Waals surface area contributed by atoms with Crippen molar-refractivity contribution in [3.8, 4) is 5.75 Å². The number of carbonyl (C=O) groups excluding carboxylic acids is 1. The molecule has 0 aliphatic heterocycles. The Bertz CT molecular complexity index is 528. The van der Waals surface area contributed by atoms with Crippen LogP contribution in [0.1, 0.15) is 68.9 Å². The zero-order chi connectivity index (χ0) is 16.5. The van der Waals surface area contributed by atoms with E-state index < -0.39 is 0 Å². The predicted octanol–water partition coefficient (Wildman–Crippen LogP) is 5.10. The second-order valence-corrected chi connectivity index (χ2v) is 6.16. The molecular weight excluding hydrogens is 288 g/mol. The molecule has 0 aromatic heterocycles. The van der Waals surface area contributed by atoms with E-state index in [9.17, 15) is 4.79 Å². The van der Waals surface area contributed by atoms with E-state index in [1.807, 2.05) is 6.07 Å². The first-order valence-electron chi connectivity index (χ1n) is 8.78. The van der Waals surface area contributed by atoms with Gasteiger partial charge in [0.2, 0.25) is 0 Å². The van der Waals surface area contributed by atoms with E-state index in [1.165, 1.54) is 57.3 Å². The molecule has 0 N–H and O–H groups in total. The maximum Gasteiger partial charge on any atom is 0.330 e. The van der Waals surface area contributed by atoms with Crippen LogP contribution in [0, 0.1) is 0 Å². The van der Waals surface area contributed by atoms with Gasteiger partial charge in [0.1, 0.15) is 5.75 Å². The second kappa shape index (κ2) is 9.39. The monoisotopic (exact) mass is 316 g/mol. The first kappa shape index (κ1) is 17.6. The fraction of sp³-hybridized carbons (Fsp3) is 0.550. The Morgan fingerprint density at radius 1 is 1.26 bits per heavy atom. The fourth-order valence-electron chi connectivity index (χ4n) is 3.18. The van der Waals surface area contributed by atoms with Crippen molar-refractivity contribution in [2.45, 2.75) is 57.8 Å². The number of para-hydroxylation sites is 1. The molecule has 126 valence electrons. The van der Waals surface area contributed by atoms with Gasteiger partial charge in [-0.3, -0.25) is 0 Å². The smallest absolute Gasteiger partial charge is 0.330 e. The number of ether oxygens (including phenoxy) is 2. The van der Waals surface area contributed by atoms with E-state index >= 15 is 0 Å². The maximum atomic E-state index is 11.4. The van der Waals surface area contributed by atoms with Crippen LogP contribution in [0.4, 0.5) is 0 Å². The zero-order valence-corrected chi connectivity index (χ0v) is 14.3. The van der Waals surface area contributed by atoms with E-state index in [-0.39, 0.29) is 5.97 Å². The van der Waals surface area contributed by atoms with Crippen molar-refractivity contribution in [1.29, 1.82) is 0 Å². The standard InChI is InChI=1S/C20H28O3/c1-3-4-7-15-23-20-17(13-14-19(21)22-2)11-8-12-18(20)16-9-5-6-10-16/h8,11-14,16H,3-7,9-10,15H2,1-2H3. The molecule has 0 unspecified atom stereocenters. The highest BCUT2D eigenvalue weighted by atomic mass is 16.5. The summed E-state index contributed by atoms with van der Waals surface area (Å²) in [5, 5.41) is 0. The Hall–Kier alpha value is -1.77. The highest BCUT2D eigenvalue weighted by Gasteiger charge is 2.21. The molecule has 1 aromatic rings. The third-order valence-corrected chi connectivity index (χ3v) is 4.47. The lowest BCUT2D eigenvalue weighted by Gasteiger charge is -2.18. The molecule has 1 aliphatic carbocycles. The number of esters is 1. The molecular formula is C20H28O3. The topological polar surface area (TPSA) is 35.5 Å².